The summed E-state index contributed by atoms with van der Waals surface area (Å²) < 4.78 is 28.6. The molecule has 1 rings (SSSR count). The minimum Gasteiger partial charge on any atom is -0.390 e. The van der Waals surface area contributed by atoms with Crippen molar-refractivity contribution in [3.8, 4) is 0 Å². The first-order valence-corrected chi connectivity index (χ1v) is 8.17. The third-order valence-electron chi connectivity index (χ3n) is 3.15. The number of hydrogen-bond acceptors (Lipinski definition) is 3. The summed E-state index contributed by atoms with van der Waals surface area (Å²) in [7, 11) is -1.77. The first-order chi connectivity index (χ1) is 8.90. The number of nitrogens with one attached hydrogen (secondary N) is 1. The van der Waals surface area contributed by atoms with E-state index in [0.717, 1.165) is 25.7 Å². The van der Waals surface area contributed by atoms with Crippen LogP contribution in [0, 0.1) is 0 Å². The van der Waals surface area contributed by atoms with Crippen molar-refractivity contribution in [3.63, 3.8) is 0 Å². The van der Waals surface area contributed by atoms with E-state index in [1.54, 1.807) is 11.6 Å². The number of unbranched alkanes of at least 4 members (excludes halogenated alkanes) is 2. The van der Waals surface area contributed by atoms with Crippen LogP contribution in [-0.4, -0.2) is 24.1 Å². The number of aliphatic hydroxyl groups is 1. The van der Waals surface area contributed by atoms with Gasteiger partial charge < -0.3 is 9.67 Å². The number of hydrogen-bond donors (Lipinski definition) is 2. The summed E-state index contributed by atoms with van der Waals surface area (Å²) in [5.41, 5.74) is 0.582. The molecule has 19 heavy (non-hydrogen) atoms. The van der Waals surface area contributed by atoms with Crippen LogP contribution in [0.15, 0.2) is 17.2 Å². The van der Waals surface area contributed by atoms with Gasteiger partial charge in [0.2, 0.25) is 10.0 Å². The summed E-state index contributed by atoms with van der Waals surface area (Å²) in [6.07, 6.45) is 5.63. The van der Waals surface area contributed by atoms with E-state index in [2.05, 4.69) is 11.6 Å². The van der Waals surface area contributed by atoms with Crippen LogP contribution >= 0.6 is 0 Å². The molecule has 1 atom stereocenters. The molecule has 0 saturated heterocycles. The molecule has 0 aromatic carbocycles. The van der Waals surface area contributed by atoms with Gasteiger partial charge >= 0.3 is 0 Å². The molecule has 0 saturated carbocycles. The van der Waals surface area contributed by atoms with Crippen molar-refractivity contribution in [2.45, 2.75) is 57.1 Å². The molecule has 6 heteroatoms. The van der Waals surface area contributed by atoms with Gasteiger partial charge in [-0.2, -0.15) is 0 Å². The zero-order valence-electron chi connectivity index (χ0n) is 11.9. The maximum absolute atomic E-state index is 12.2. The fourth-order valence-electron chi connectivity index (χ4n) is 1.97. The minimum atomic E-state index is -3.49. The van der Waals surface area contributed by atoms with E-state index < -0.39 is 10.0 Å². The highest BCUT2D eigenvalue weighted by atomic mass is 32.2. The standard InChI is InChI=1S/C13H24N2O3S/c1-4-5-6-7-11(2)14-19(17,18)13-8-12(10-16)15(3)9-13/h8-9,11,14,16H,4-7,10H2,1-3H3. The number of aryl methyl sites for hydroxylation is 1. The molecule has 0 aliphatic carbocycles. The molecule has 1 aromatic rings. The number of aromatic nitrogens is 1. The van der Waals surface area contributed by atoms with Crippen molar-refractivity contribution in [1.29, 1.82) is 0 Å². The van der Waals surface area contributed by atoms with E-state index in [0.29, 0.717) is 5.69 Å². The fraction of sp³-hybridized carbons (Fsp3) is 0.692. The second kappa shape index (κ2) is 7.07. The third kappa shape index (κ3) is 4.63. The van der Waals surface area contributed by atoms with Gasteiger partial charge in [0, 0.05) is 25.0 Å². The molecule has 0 bridgehead atoms. The van der Waals surface area contributed by atoms with Crippen molar-refractivity contribution in [2.75, 3.05) is 0 Å². The van der Waals surface area contributed by atoms with Gasteiger partial charge in [0.15, 0.2) is 0 Å². The second-order valence-electron chi connectivity index (χ2n) is 4.95. The van der Waals surface area contributed by atoms with E-state index in [-0.39, 0.29) is 17.5 Å². The molecule has 1 unspecified atom stereocenters. The summed E-state index contributed by atoms with van der Waals surface area (Å²) in [5.74, 6) is 0. The molecule has 0 aliphatic heterocycles. The molecule has 0 aliphatic rings. The topological polar surface area (TPSA) is 71.3 Å². The Balaban J connectivity index is 2.69. The highest BCUT2D eigenvalue weighted by Crippen LogP contribution is 2.15. The number of sulfonamides is 1. The lowest BCUT2D eigenvalue weighted by Gasteiger charge is -2.13. The van der Waals surface area contributed by atoms with E-state index in [4.69, 9.17) is 5.11 Å². The first kappa shape index (κ1) is 16.2. The smallest absolute Gasteiger partial charge is 0.242 e. The maximum atomic E-state index is 12.2. The minimum absolute atomic E-state index is 0.0747. The molecule has 2 N–H and O–H groups in total. The Labute approximate surface area is 115 Å². The summed E-state index contributed by atoms with van der Waals surface area (Å²) >= 11 is 0. The van der Waals surface area contributed by atoms with E-state index in [1.807, 2.05) is 6.92 Å². The van der Waals surface area contributed by atoms with Crippen LogP contribution < -0.4 is 4.72 Å². The molecule has 0 spiro atoms. The Morgan fingerprint density at radius 3 is 2.63 bits per heavy atom. The lowest BCUT2D eigenvalue weighted by Crippen LogP contribution is -2.32. The third-order valence-corrected chi connectivity index (χ3v) is 4.71. The monoisotopic (exact) mass is 288 g/mol. The fourth-order valence-corrected chi connectivity index (χ4v) is 3.35. The Morgan fingerprint density at radius 1 is 1.42 bits per heavy atom. The first-order valence-electron chi connectivity index (χ1n) is 6.69. The van der Waals surface area contributed by atoms with Crippen LogP contribution in [0.4, 0.5) is 0 Å². The van der Waals surface area contributed by atoms with Crippen molar-refractivity contribution in [1.82, 2.24) is 9.29 Å². The second-order valence-corrected chi connectivity index (χ2v) is 6.67. The Hall–Kier alpha value is -0.850. The van der Waals surface area contributed by atoms with Gasteiger partial charge in [-0.15, -0.1) is 0 Å². The average Bonchev–Trinajstić information content (AvgIpc) is 2.71. The summed E-state index contributed by atoms with van der Waals surface area (Å²) in [5, 5.41) is 9.09. The highest BCUT2D eigenvalue weighted by molar-refractivity contribution is 7.89. The van der Waals surface area contributed by atoms with Gasteiger partial charge in [-0.05, 0) is 19.4 Å². The summed E-state index contributed by atoms with van der Waals surface area (Å²) in [6.45, 7) is 3.83. The van der Waals surface area contributed by atoms with Gasteiger partial charge in [-0.3, -0.25) is 0 Å². The lowest BCUT2D eigenvalue weighted by atomic mass is 10.1. The van der Waals surface area contributed by atoms with Crippen molar-refractivity contribution >= 4 is 10.0 Å². The molecule has 1 aromatic heterocycles. The number of nitrogens with zero attached hydrogens (tertiary/aromatic N) is 1. The molecular weight excluding hydrogens is 264 g/mol. The Kier molecular flexibility index (Phi) is 6.03. The quantitative estimate of drug-likeness (QED) is 0.716. The van der Waals surface area contributed by atoms with Crippen LogP contribution in [0.25, 0.3) is 0 Å². The average molecular weight is 288 g/mol. The maximum Gasteiger partial charge on any atom is 0.242 e. The van der Waals surface area contributed by atoms with Gasteiger partial charge in [-0.1, -0.05) is 26.2 Å². The molecule has 0 amide bonds. The lowest BCUT2D eigenvalue weighted by molar-refractivity contribution is 0.272. The van der Waals surface area contributed by atoms with Crippen molar-refractivity contribution in [2.24, 2.45) is 7.05 Å². The molecule has 0 fully saturated rings. The SMILES string of the molecule is CCCCCC(C)NS(=O)(=O)c1cc(CO)n(C)c1. The Morgan fingerprint density at radius 2 is 2.11 bits per heavy atom. The normalized spacial score (nSPS) is 13.7. The molecule has 0 radical (unpaired) electrons. The predicted octanol–water partition coefficient (Wildman–Crippen LogP) is 1.76. The van der Waals surface area contributed by atoms with Crippen molar-refractivity contribution < 1.29 is 13.5 Å². The molecule has 1 heterocycles. The van der Waals surface area contributed by atoms with Gasteiger partial charge in [0.1, 0.15) is 0 Å². The van der Waals surface area contributed by atoms with Crippen LogP contribution in [0.1, 0.15) is 45.2 Å². The van der Waals surface area contributed by atoms with Crippen LogP contribution in [-0.2, 0) is 23.7 Å². The molecule has 110 valence electrons. The molecule has 5 nitrogen and oxygen atoms in total. The summed E-state index contributed by atoms with van der Waals surface area (Å²) in [6, 6.07) is 1.43. The van der Waals surface area contributed by atoms with E-state index in [9.17, 15) is 8.42 Å². The van der Waals surface area contributed by atoms with Gasteiger partial charge in [-0.25, -0.2) is 13.1 Å². The van der Waals surface area contributed by atoms with E-state index in [1.165, 1.54) is 12.3 Å². The zero-order valence-corrected chi connectivity index (χ0v) is 12.7. The Bertz CT molecular complexity index is 494. The van der Waals surface area contributed by atoms with Gasteiger partial charge in [0.25, 0.3) is 0 Å². The number of rotatable bonds is 8. The van der Waals surface area contributed by atoms with Crippen LogP contribution in [0.2, 0.25) is 0 Å². The van der Waals surface area contributed by atoms with Gasteiger partial charge in [0.05, 0.1) is 11.5 Å². The van der Waals surface area contributed by atoms with E-state index >= 15 is 0 Å². The highest BCUT2D eigenvalue weighted by Gasteiger charge is 2.19. The predicted molar refractivity (Wildman–Crippen MR) is 75.3 cm³/mol. The van der Waals surface area contributed by atoms with Crippen molar-refractivity contribution in [3.05, 3.63) is 18.0 Å². The number of aliphatic hydroxyl groups excluding tert-OH is 1. The molecular formula is C13H24N2O3S. The van der Waals surface area contributed by atoms with Crippen LogP contribution in [0.5, 0.6) is 0 Å². The summed E-state index contributed by atoms with van der Waals surface area (Å²) in [4.78, 5) is 0.210. The largest absolute Gasteiger partial charge is 0.390 e. The van der Waals surface area contributed by atoms with Crippen LogP contribution in [0.3, 0.4) is 0 Å². The zero-order chi connectivity index (χ0) is 14.5.